The van der Waals surface area contributed by atoms with E-state index in [-0.39, 0.29) is 12.9 Å². The second kappa shape index (κ2) is 15.7. The van der Waals surface area contributed by atoms with Crippen molar-refractivity contribution in [3.05, 3.63) is 46.6 Å². The first-order valence-corrected chi connectivity index (χ1v) is 15.4. The summed E-state index contributed by atoms with van der Waals surface area (Å²) in [5.74, 6) is -1.36. The van der Waals surface area contributed by atoms with E-state index in [2.05, 4.69) is 20.8 Å². The van der Waals surface area contributed by atoms with Crippen LogP contribution in [0, 0.1) is 0 Å². The number of anilines is 2. The summed E-state index contributed by atoms with van der Waals surface area (Å²) in [6.45, 7) is 6.09. The number of carbonyl (C=O) groups is 2. The van der Waals surface area contributed by atoms with Crippen molar-refractivity contribution in [2.45, 2.75) is 32.2 Å². The van der Waals surface area contributed by atoms with Gasteiger partial charge in [0.1, 0.15) is 17.7 Å². The second-order valence-electron chi connectivity index (χ2n) is 11.5. The lowest BCUT2D eigenvalue weighted by atomic mass is 10.0. The molecule has 3 heterocycles. The number of hydrogen-bond acceptors (Lipinski definition) is 10. The highest BCUT2D eigenvalue weighted by atomic mass is 35.5. The number of carboxylic acids is 1. The van der Waals surface area contributed by atoms with Gasteiger partial charge < -0.3 is 44.0 Å². The van der Waals surface area contributed by atoms with Crippen LogP contribution in [0.25, 0.3) is 10.8 Å². The molecule has 13 nitrogen and oxygen atoms in total. The summed E-state index contributed by atoms with van der Waals surface area (Å²) in [4.78, 5) is 38.1. The molecule has 1 fully saturated rings. The van der Waals surface area contributed by atoms with Crippen molar-refractivity contribution >= 4 is 45.9 Å². The van der Waals surface area contributed by atoms with Gasteiger partial charge in [-0.1, -0.05) is 35.9 Å². The minimum absolute atomic E-state index is 0.0951. The lowest BCUT2D eigenvalue weighted by molar-refractivity contribution is -0.192. The van der Waals surface area contributed by atoms with Gasteiger partial charge in [-0.25, -0.2) is 9.59 Å². The molecule has 262 valence electrons. The van der Waals surface area contributed by atoms with Crippen LogP contribution in [-0.4, -0.2) is 122 Å². The predicted molar refractivity (Wildman–Crippen MR) is 172 cm³/mol. The van der Waals surface area contributed by atoms with Gasteiger partial charge >= 0.3 is 24.2 Å². The number of likely N-dealkylation sites (N-methyl/N-ethyl adjacent to an activating group) is 1. The van der Waals surface area contributed by atoms with Crippen LogP contribution in [0.3, 0.4) is 0 Å². The Bertz CT molecular complexity index is 1610. The molecule has 1 aromatic heterocycles. The van der Waals surface area contributed by atoms with Gasteiger partial charge in [0.25, 0.3) is 0 Å². The van der Waals surface area contributed by atoms with Gasteiger partial charge in [-0.3, -0.25) is 0 Å². The fraction of sp³-hybridized carbons (Fsp3) is 0.484. The number of fused-ring (bicyclic) bond motifs is 2. The molecule has 1 amide bonds. The molecule has 0 bridgehead atoms. The van der Waals surface area contributed by atoms with Crippen LogP contribution in [-0.2, 0) is 22.5 Å². The van der Waals surface area contributed by atoms with Crippen molar-refractivity contribution in [2.24, 2.45) is 0 Å². The number of halogens is 4. The van der Waals surface area contributed by atoms with Gasteiger partial charge in [0.15, 0.2) is 6.79 Å². The molecule has 0 saturated carbocycles. The van der Waals surface area contributed by atoms with Crippen LogP contribution in [0.1, 0.15) is 18.2 Å². The lowest BCUT2D eigenvalue weighted by Crippen LogP contribution is -2.49. The number of carboxylic acid groups (broad SMARTS) is 2. The Morgan fingerprint density at radius 3 is 2.27 bits per heavy atom. The zero-order chi connectivity index (χ0) is 35.2. The third-order valence-electron chi connectivity index (χ3n) is 7.64. The molecule has 2 aliphatic heterocycles. The smallest absolute Gasteiger partial charge is 0.475 e. The quantitative estimate of drug-likeness (QED) is 0.302. The molecule has 5 rings (SSSR count). The molecule has 1 atom stereocenters. The van der Waals surface area contributed by atoms with Gasteiger partial charge in [-0.2, -0.15) is 23.1 Å². The molecule has 1 saturated heterocycles. The maximum Gasteiger partial charge on any atom is 0.490 e. The zero-order valence-electron chi connectivity index (χ0n) is 27.0. The minimum Gasteiger partial charge on any atom is -0.475 e. The number of methoxy groups -OCH3 is 1. The Labute approximate surface area is 280 Å². The van der Waals surface area contributed by atoms with Gasteiger partial charge in [0, 0.05) is 74.5 Å². The van der Waals surface area contributed by atoms with E-state index in [1.54, 1.807) is 7.11 Å². The molecule has 17 heteroatoms. The number of amides is 1. The Morgan fingerprint density at radius 1 is 1.04 bits per heavy atom. The number of nitrogens with zero attached hydrogens (tertiary/aromatic N) is 6. The molecule has 0 radical (unpaired) electrons. The van der Waals surface area contributed by atoms with E-state index >= 15 is 0 Å². The van der Waals surface area contributed by atoms with E-state index in [0.717, 1.165) is 53.0 Å². The zero-order valence-corrected chi connectivity index (χ0v) is 27.7. The summed E-state index contributed by atoms with van der Waals surface area (Å²) >= 11 is 6.73. The Balaban J connectivity index is 0.000000671. The molecule has 3 aromatic rings. The molecular weight excluding hydrogens is 661 g/mol. The van der Waals surface area contributed by atoms with Crippen LogP contribution in [0.4, 0.5) is 29.5 Å². The van der Waals surface area contributed by atoms with Crippen molar-refractivity contribution < 1.29 is 47.2 Å². The number of aromatic nitrogens is 2. The van der Waals surface area contributed by atoms with Crippen LogP contribution in [0.15, 0.2) is 30.3 Å². The maximum absolute atomic E-state index is 11.5. The number of piperazine rings is 1. The summed E-state index contributed by atoms with van der Waals surface area (Å²) in [6, 6.07) is 10.3. The molecule has 0 spiro atoms. The van der Waals surface area contributed by atoms with Crippen molar-refractivity contribution in [3.8, 4) is 11.8 Å². The second-order valence-corrected chi connectivity index (χ2v) is 11.9. The predicted octanol–water partition coefficient (Wildman–Crippen LogP) is 4.59. The van der Waals surface area contributed by atoms with E-state index in [1.807, 2.05) is 45.3 Å². The monoisotopic (exact) mass is 698 g/mol. The van der Waals surface area contributed by atoms with E-state index < -0.39 is 18.2 Å². The van der Waals surface area contributed by atoms with Crippen molar-refractivity contribution in [2.75, 3.05) is 77.1 Å². The summed E-state index contributed by atoms with van der Waals surface area (Å²) in [5.41, 5.74) is 2.97. The molecular formula is C31H38ClF3N6O7. The third kappa shape index (κ3) is 8.99. The molecule has 0 aliphatic carbocycles. The highest BCUT2D eigenvalue weighted by Gasteiger charge is 2.38. The van der Waals surface area contributed by atoms with Gasteiger partial charge in [-0.05, 0) is 27.4 Å². The summed E-state index contributed by atoms with van der Waals surface area (Å²) in [7, 11) is 5.58. The van der Waals surface area contributed by atoms with Gasteiger partial charge in [0.05, 0.1) is 17.3 Å². The van der Waals surface area contributed by atoms with E-state index in [1.165, 1.54) is 4.90 Å². The number of ether oxygens (including phenoxy) is 3. The number of rotatable bonds is 9. The first kappa shape index (κ1) is 36.6. The average Bonchev–Trinajstić information content (AvgIpc) is 3.03. The third-order valence-corrected chi connectivity index (χ3v) is 8.03. The molecule has 2 aromatic carbocycles. The highest BCUT2D eigenvalue weighted by molar-refractivity contribution is 6.37. The van der Waals surface area contributed by atoms with E-state index in [4.69, 9.17) is 45.7 Å². The van der Waals surface area contributed by atoms with E-state index in [9.17, 15) is 23.1 Å². The number of alkyl halides is 3. The van der Waals surface area contributed by atoms with Crippen molar-refractivity contribution in [3.63, 3.8) is 0 Å². The van der Waals surface area contributed by atoms with Crippen LogP contribution >= 0.6 is 11.6 Å². The summed E-state index contributed by atoms with van der Waals surface area (Å²) in [6.07, 6.45) is -5.36. The maximum atomic E-state index is 11.5. The summed E-state index contributed by atoms with van der Waals surface area (Å²) in [5, 5.41) is 19.0. The van der Waals surface area contributed by atoms with Crippen LogP contribution in [0.2, 0.25) is 5.02 Å². The minimum atomic E-state index is -5.08. The van der Waals surface area contributed by atoms with Crippen molar-refractivity contribution in [1.29, 1.82) is 0 Å². The largest absolute Gasteiger partial charge is 0.490 e. The highest BCUT2D eigenvalue weighted by Crippen LogP contribution is 2.41. The normalized spacial score (nSPS) is 15.5. The Kier molecular flexibility index (Phi) is 12.0. The fourth-order valence-electron chi connectivity index (χ4n) is 5.53. The Hall–Kier alpha value is -4.28. The first-order valence-electron chi connectivity index (χ1n) is 15.0. The Morgan fingerprint density at radius 2 is 1.69 bits per heavy atom. The SMILES string of the molecule is COCOc1cc(N2CCc3c(nc(OC(C)CN(C)C)nc3N3CCN(C(=O)O)CC3)C2)c2ccccc2c1Cl.O=C(O)C(F)(F)F. The van der Waals surface area contributed by atoms with Gasteiger partial charge in [0.2, 0.25) is 0 Å². The molecule has 1 unspecified atom stereocenters. The molecule has 2 N–H and O–H groups in total. The molecule has 2 aliphatic rings. The summed E-state index contributed by atoms with van der Waals surface area (Å²) < 4.78 is 48.9. The average molecular weight is 699 g/mol. The van der Waals surface area contributed by atoms with Gasteiger partial charge in [-0.15, -0.1) is 0 Å². The lowest BCUT2D eigenvalue weighted by Gasteiger charge is -2.37. The first-order chi connectivity index (χ1) is 22.7. The van der Waals surface area contributed by atoms with E-state index in [0.29, 0.717) is 49.5 Å². The topological polar surface area (TPSA) is 141 Å². The fourth-order valence-corrected chi connectivity index (χ4v) is 5.81. The molecule has 48 heavy (non-hydrogen) atoms. The number of hydrogen-bond donors (Lipinski definition) is 2. The van der Waals surface area contributed by atoms with Crippen LogP contribution in [0.5, 0.6) is 11.8 Å². The standard InChI is InChI=1S/C29H37ClN6O5.C2HF3O2/c1-19(16-33(2)3)41-28-31-23-17-36(10-9-22(23)27(32-28)34-11-13-35(14-12-34)29(37)38)24-15-25(40-18-39-4)26(30)21-8-6-5-7-20(21)24;3-2(4,5)1(6)7/h5-8,15,19H,9-14,16-18H2,1-4H3,(H,37,38);(H,6,7). The number of aliphatic carboxylic acids is 1. The number of benzene rings is 2. The van der Waals surface area contributed by atoms with Crippen LogP contribution < -0.4 is 19.3 Å². The van der Waals surface area contributed by atoms with Crippen molar-refractivity contribution in [1.82, 2.24) is 19.8 Å².